The van der Waals surface area contributed by atoms with Gasteiger partial charge in [-0.15, -0.1) is 0 Å². The van der Waals surface area contributed by atoms with E-state index in [1.54, 1.807) is 11.2 Å². The molecular weight excluding hydrogens is 612 g/mol. The number of carbonyl (C=O) groups excluding carboxylic acids is 2. The van der Waals surface area contributed by atoms with Crippen LogP contribution < -0.4 is 5.32 Å². The highest BCUT2D eigenvalue weighted by atomic mass is 35.5. The highest BCUT2D eigenvalue weighted by Crippen LogP contribution is 2.38. The van der Waals surface area contributed by atoms with Gasteiger partial charge in [-0.25, -0.2) is 9.78 Å². The minimum atomic E-state index is -0.759. The van der Waals surface area contributed by atoms with Crippen LogP contribution in [-0.4, -0.2) is 68.1 Å². The molecule has 1 N–H and O–H groups in total. The lowest BCUT2D eigenvalue weighted by molar-refractivity contribution is -0.123. The molecule has 1 saturated heterocycles. The van der Waals surface area contributed by atoms with Crippen LogP contribution in [0.2, 0.25) is 5.02 Å². The minimum absolute atomic E-state index is 0.101. The summed E-state index contributed by atoms with van der Waals surface area (Å²) in [5.41, 5.74) is 7.30. The number of hydrogen-bond donors (Lipinski definition) is 1. The summed E-state index contributed by atoms with van der Waals surface area (Å²) < 4.78 is 8.09. The molecule has 2 aromatic carbocycles. The molecule has 2 aliphatic carbocycles. The van der Waals surface area contributed by atoms with Crippen molar-refractivity contribution in [1.29, 1.82) is 0 Å². The van der Waals surface area contributed by atoms with Crippen LogP contribution in [0.5, 0.6) is 0 Å². The van der Waals surface area contributed by atoms with Gasteiger partial charge in [0.2, 0.25) is 5.91 Å². The monoisotopic (exact) mass is 652 g/mol. The summed E-state index contributed by atoms with van der Waals surface area (Å²) in [4.78, 5) is 41.0. The lowest BCUT2D eigenvalue weighted by atomic mass is 9.95. The molecule has 47 heavy (non-hydrogen) atoms. The Bertz CT molecular complexity index is 1750. The molecule has 1 aliphatic heterocycles. The zero-order chi connectivity index (χ0) is 32.3. The lowest BCUT2D eigenvalue weighted by Crippen LogP contribution is -2.60. The second-order valence-electron chi connectivity index (χ2n) is 13.0. The Morgan fingerprint density at radius 2 is 1.85 bits per heavy atom. The number of pyridine rings is 1. The number of benzene rings is 2. The van der Waals surface area contributed by atoms with Gasteiger partial charge in [-0.3, -0.25) is 19.6 Å². The van der Waals surface area contributed by atoms with Gasteiger partial charge in [0.05, 0.1) is 18.1 Å². The Morgan fingerprint density at radius 1 is 1.00 bits per heavy atom. The maximum Gasteiger partial charge on any atom is 0.410 e. The summed E-state index contributed by atoms with van der Waals surface area (Å²) in [5.74, 6) is -0.238. The van der Waals surface area contributed by atoms with Gasteiger partial charge in [-0.05, 0) is 98.0 Å². The van der Waals surface area contributed by atoms with Crippen LogP contribution in [0.3, 0.4) is 0 Å². The molecule has 4 aromatic rings. The number of halogens is 1. The van der Waals surface area contributed by atoms with E-state index < -0.39 is 12.1 Å². The van der Waals surface area contributed by atoms with E-state index in [0.717, 1.165) is 61.0 Å². The Kier molecular flexibility index (Phi) is 9.27. The van der Waals surface area contributed by atoms with E-state index in [2.05, 4.69) is 38.0 Å². The van der Waals surface area contributed by atoms with Crippen molar-refractivity contribution in [2.75, 3.05) is 25.0 Å². The second-order valence-corrected chi connectivity index (χ2v) is 13.4. The number of imidazole rings is 1. The van der Waals surface area contributed by atoms with Gasteiger partial charge in [0.15, 0.2) is 0 Å². The summed E-state index contributed by atoms with van der Waals surface area (Å²) in [6.45, 7) is 3.94. The number of rotatable bonds is 6. The smallest absolute Gasteiger partial charge is 0.410 e. The summed E-state index contributed by atoms with van der Waals surface area (Å²) in [6.07, 6.45) is 11.7. The van der Waals surface area contributed by atoms with E-state index in [0.29, 0.717) is 36.9 Å². The molecule has 0 unspecified atom stereocenters. The zero-order valence-corrected chi connectivity index (χ0v) is 27.5. The zero-order valence-electron chi connectivity index (χ0n) is 26.8. The second kappa shape index (κ2) is 13.9. The molecule has 3 heterocycles. The molecule has 0 bridgehead atoms. The van der Waals surface area contributed by atoms with E-state index in [9.17, 15) is 9.59 Å². The fraction of sp³-hybridized carbons (Fsp3) is 0.405. The Balaban J connectivity index is 1.18. The van der Waals surface area contributed by atoms with Gasteiger partial charge < -0.3 is 14.6 Å². The number of ether oxygens (including phenoxy) is 1. The number of nitrogens with one attached hydrogen (secondary N) is 1. The normalized spacial score (nSPS) is 20.2. The number of amides is 2. The number of nitrogens with zero attached hydrogens (tertiary/aromatic N) is 5. The summed E-state index contributed by atoms with van der Waals surface area (Å²) in [6, 6.07) is 17.1. The number of carbonyl (C=O) groups is 2. The predicted octanol–water partition coefficient (Wildman–Crippen LogP) is 6.57. The molecule has 7 rings (SSSR count). The average molecular weight is 653 g/mol. The van der Waals surface area contributed by atoms with Crippen LogP contribution in [0.4, 0.5) is 10.5 Å². The van der Waals surface area contributed by atoms with Crippen molar-refractivity contribution in [1.82, 2.24) is 24.3 Å². The Hall–Kier alpha value is -4.21. The van der Waals surface area contributed by atoms with Gasteiger partial charge in [0, 0.05) is 55.0 Å². The average Bonchev–Trinajstić information content (AvgIpc) is 3.41. The molecule has 3 aliphatic rings. The van der Waals surface area contributed by atoms with Crippen LogP contribution in [0.15, 0.2) is 73.3 Å². The molecule has 2 amide bonds. The molecule has 1 saturated carbocycles. The van der Waals surface area contributed by atoms with Gasteiger partial charge >= 0.3 is 6.09 Å². The molecule has 2 aromatic heterocycles. The van der Waals surface area contributed by atoms with E-state index in [4.69, 9.17) is 21.3 Å². The first-order valence-corrected chi connectivity index (χ1v) is 17.1. The maximum absolute atomic E-state index is 14.3. The Labute approximate surface area is 280 Å². The number of fused-ring (bicyclic) bond motifs is 2. The predicted molar refractivity (Wildman–Crippen MR) is 181 cm³/mol. The molecule has 10 heteroatoms. The summed E-state index contributed by atoms with van der Waals surface area (Å²) in [7, 11) is 0. The SMILES string of the molecule is Cc1cncn1Cc1cccc(NC(=O)[C@H]2CN([C@@H]3c4ccc(Cl)cc4CCc4cccnc43)CCN2C(=O)OC2CCCCC2)c1. The van der Waals surface area contributed by atoms with Gasteiger partial charge in [-0.2, -0.15) is 0 Å². The first-order chi connectivity index (χ1) is 22.9. The number of piperazine rings is 1. The minimum Gasteiger partial charge on any atom is -0.446 e. The quantitative estimate of drug-likeness (QED) is 0.253. The molecule has 9 nitrogen and oxygen atoms in total. The van der Waals surface area contributed by atoms with Crippen molar-refractivity contribution >= 4 is 29.3 Å². The van der Waals surface area contributed by atoms with Crippen LogP contribution in [-0.2, 0) is 28.9 Å². The molecule has 2 atom stereocenters. The Morgan fingerprint density at radius 3 is 2.68 bits per heavy atom. The van der Waals surface area contributed by atoms with E-state index in [1.165, 1.54) is 17.5 Å². The molecule has 244 valence electrons. The molecule has 2 fully saturated rings. The maximum atomic E-state index is 14.3. The topological polar surface area (TPSA) is 92.6 Å². The first kappa shape index (κ1) is 31.4. The summed E-state index contributed by atoms with van der Waals surface area (Å²) >= 11 is 6.46. The first-order valence-electron chi connectivity index (χ1n) is 16.7. The molecule has 0 radical (unpaired) electrons. The van der Waals surface area contributed by atoms with Gasteiger partial charge in [0.1, 0.15) is 12.1 Å². The van der Waals surface area contributed by atoms with Crippen molar-refractivity contribution in [3.05, 3.63) is 112 Å². The highest BCUT2D eigenvalue weighted by molar-refractivity contribution is 6.30. The van der Waals surface area contributed by atoms with Crippen molar-refractivity contribution in [2.24, 2.45) is 0 Å². The van der Waals surface area contributed by atoms with Crippen molar-refractivity contribution in [3.63, 3.8) is 0 Å². The third-order valence-corrected chi connectivity index (χ3v) is 10.1. The third kappa shape index (κ3) is 6.92. The number of aromatic nitrogens is 3. The largest absolute Gasteiger partial charge is 0.446 e. The summed E-state index contributed by atoms with van der Waals surface area (Å²) in [5, 5.41) is 3.85. The van der Waals surface area contributed by atoms with Crippen LogP contribution in [0.1, 0.15) is 71.8 Å². The fourth-order valence-electron chi connectivity index (χ4n) is 7.35. The molecular formula is C37H41ClN6O3. The molecule has 0 spiro atoms. The van der Waals surface area contributed by atoms with Crippen LogP contribution in [0.25, 0.3) is 0 Å². The number of anilines is 1. The van der Waals surface area contributed by atoms with Crippen LogP contribution in [0, 0.1) is 6.92 Å². The standard InChI is InChI=1S/C37H41ClN6O3/c1-25-21-39-24-43(25)22-26-7-5-9-30(19-26)41-36(45)33-23-42(17-18-44(33)37(46)47-31-10-3-2-4-11-31)35-32-15-14-29(38)20-28(32)13-12-27-8-6-16-40-34(27)35/h5-9,14-16,19-21,24,31,33,35H,2-4,10-13,17-18,22-23H2,1H3,(H,41,45)/t33-,35-/m1/s1. The van der Waals surface area contributed by atoms with Gasteiger partial charge in [-0.1, -0.05) is 42.3 Å². The van der Waals surface area contributed by atoms with E-state index in [-0.39, 0.29) is 18.1 Å². The highest BCUT2D eigenvalue weighted by Gasteiger charge is 2.41. The van der Waals surface area contributed by atoms with Crippen molar-refractivity contribution < 1.29 is 14.3 Å². The number of aryl methyl sites for hydroxylation is 3. The van der Waals surface area contributed by atoms with Crippen LogP contribution >= 0.6 is 11.6 Å². The number of hydrogen-bond acceptors (Lipinski definition) is 6. The lowest BCUT2D eigenvalue weighted by Gasteiger charge is -2.43. The van der Waals surface area contributed by atoms with Crippen molar-refractivity contribution in [2.45, 2.75) is 76.6 Å². The van der Waals surface area contributed by atoms with Crippen molar-refractivity contribution in [3.8, 4) is 0 Å². The van der Waals surface area contributed by atoms with Gasteiger partial charge in [0.25, 0.3) is 0 Å². The fourth-order valence-corrected chi connectivity index (χ4v) is 7.54. The third-order valence-electron chi connectivity index (χ3n) is 9.85. The van der Waals surface area contributed by atoms with E-state index in [1.807, 2.05) is 55.7 Å². The van der Waals surface area contributed by atoms with E-state index >= 15 is 0 Å².